The van der Waals surface area contributed by atoms with Gasteiger partial charge < -0.3 is 5.11 Å². The molecule has 2 aromatic carbocycles. The normalized spacial score (nSPS) is 9.78. The molecule has 2 rings (SSSR count). The van der Waals surface area contributed by atoms with Crippen molar-refractivity contribution in [1.29, 1.82) is 0 Å². The van der Waals surface area contributed by atoms with Gasteiger partial charge in [-0.2, -0.15) is 0 Å². The van der Waals surface area contributed by atoms with Crippen LogP contribution in [-0.2, 0) is 4.79 Å². The highest BCUT2D eigenvalue weighted by molar-refractivity contribution is 6.00. The molecule has 0 saturated carbocycles. The van der Waals surface area contributed by atoms with E-state index in [1.54, 1.807) is 42.5 Å². The van der Waals surface area contributed by atoms with E-state index >= 15 is 0 Å². The van der Waals surface area contributed by atoms with Gasteiger partial charge >= 0.3 is 5.97 Å². The minimum atomic E-state index is -1.06. The number of hydrogen-bond acceptors (Lipinski definition) is 2. The maximum Gasteiger partial charge on any atom is 0.337 e. The first kappa shape index (κ1) is 11.9. The molecule has 90 valence electrons. The van der Waals surface area contributed by atoms with Crippen LogP contribution in [0.5, 0.6) is 0 Å². The van der Waals surface area contributed by atoms with Crippen LogP contribution in [0.15, 0.2) is 54.6 Å². The Morgan fingerprint density at radius 2 is 1.61 bits per heavy atom. The molecule has 0 aliphatic carbocycles. The van der Waals surface area contributed by atoms with Crippen molar-refractivity contribution < 1.29 is 14.7 Å². The summed E-state index contributed by atoms with van der Waals surface area (Å²) in [6, 6.07) is 15.3. The van der Waals surface area contributed by atoms with Crippen LogP contribution in [0.25, 0.3) is 0 Å². The summed E-state index contributed by atoms with van der Waals surface area (Å²) in [6.07, 6.45) is 0.608. The summed E-state index contributed by atoms with van der Waals surface area (Å²) in [5.41, 5.74) is 1.07. The molecule has 0 bridgehead atoms. The second-order valence-electron chi connectivity index (χ2n) is 3.63. The molecule has 1 N–H and O–H groups in total. The number of carboxylic acid groups (broad SMARTS) is 1. The molecular formula is C14H11NO3. The van der Waals surface area contributed by atoms with E-state index < -0.39 is 5.97 Å². The molecule has 18 heavy (non-hydrogen) atoms. The molecule has 4 heteroatoms. The number of carbonyl (C=O) groups excluding carboxylic acids is 1. The van der Waals surface area contributed by atoms with E-state index in [0.717, 1.165) is 0 Å². The van der Waals surface area contributed by atoms with Crippen LogP contribution in [0.3, 0.4) is 0 Å². The van der Waals surface area contributed by atoms with Crippen molar-refractivity contribution in [3.05, 3.63) is 60.2 Å². The van der Waals surface area contributed by atoms with Crippen LogP contribution in [0.1, 0.15) is 10.4 Å². The molecular weight excluding hydrogens is 230 g/mol. The zero-order chi connectivity index (χ0) is 13.0. The second-order valence-corrected chi connectivity index (χ2v) is 3.63. The average Bonchev–Trinajstić information content (AvgIpc) is 2.41. The Morgan fingerprint density at radius 1 is 1.00 bits per heavy atom. The quantitative estimate of drug-likeness (QED) is 0.837. The number of carbonyl (C=O) groups is 2. The largest absolute Gasteiger partial charge is 0.478 e. The van der Waals surface area contributed by atoms with Gasteiger partial charge in [0.15, 0.2) is 0 Å². The number of benzene rings is 2. The number of rotatable bonds is 4. The highest BCUT2D eigenvalue weighted by atomic mass is 16.4. The Bertz CT molecular complexity index is 566. The Labute approximate surface area is 104 Å². The van der Waals surface area contributed by atoms with Crippen molar-refractivity contribution in [2.24, 2.45) is 0 Å². The molecule has 0 radical (unpaired) electrons. The third-order valence-corrected chi connectivity index (χ3v) is 2.53. The van der Waals surface area contributed by atoms with E-state index in [0.29, 0.717) is 17.8 Å². The van der Waals surface area contributed by atoms with Crippen molar-refractivity contribution in [1.82, 2.24) is 0 Å². The lowest BCUT2D eigenvalue weighted by atomic mass is 10.1. The molecule has 0 aliphatic rings. The third-order valence-electron chi connectivity index (χ3n) is 2.53. The lowest BCUT2D eigenvalue weighted by Gasteiger charge is -2.19. The summed E-state index contributed by atoms with van der Waals surface area (Å²) < 4.78 is 0. The van der Waals surface area contributed by atoms with E-state index in [1.165, 1.54) is 11.0 Å². The molecule has 4 nitrogen and oxygen atoms in total. The van der Waals surface area contributed by atoms with E-state index in [9.17, 15) is 9.59 Å². The molecule has 1 amide bonds. The first-order valence-electron chi connectivity index (χ1n) is 5.36. The van der Waals surface area contributed by atoms with Gasteiger partial charge in [0.25, 0.3) is 0 Å². The number of carboxylic acids is 1. The average molecular weight is 241 g/mol. The van der Waals surface area contributed by atoms with Crippen LogP contribution in [0, 0.1) is 0 Å². The fourth-order valence-electron chi connectivity index (χ4n) is 1.71. The summed E-state index contributed by atoms with van der Waals surface area (Å²) in [5, 5.41) is 9.11. The highest BCUT2D eigenvalue weighted by Crippen LogP contribution is 2.26. The van der Waals surface area contributed by atoms with Gasteiger partial charge in [0.05, 0.1) is 11.3 Å². The van der Waals surface area contributed by atoms with Gasteiger partial charge in [-0.15, -0.1) is 0 Å². The molecule has 0 saturated heterocycles. The fraction of sp³-hybridized carbons (Fsp3) is 0. The molecule has 0 spiro atoms. The van der Waals surface area contributed by atoms with Gasteiger partial charge in [-0.3, -0.25) is 9.69 Å². The monoisotopic (exact) mass is 241 g/mol. The second kappa shape index (κ2) is 5.14. The number of para-hydroxylation sites is 2. The van der Waals surface area contributed by atoms with E-state index in [4.69, 9.17) is 5.11 Å². The predicted octanol–water partition coefficient (Wildman–Crippen LogP) is 2.68. The summed E-state index contributed by atoms with van der Waals surface area (Å²) in [7, 11) is 0. The van der Waals surface area contributed by atoms with Crippen molar-refractivity contribution in [2.75, 3.05) is 4.90 Å². The Hall–Kier alpha value is -2.62. The fourth-order valence-corrected chi connectivity index (χ4v) is 1.71. The van der Waals surface area contributed by atoms with Crippen molar-refractivity contribution in [2.45, 2.75) is 0 Å². The number of anilines is 2. The standard InChI is InChI=1S/C14H11NO3/c16-10-15(11-6-2-1-3-7-11)13-9-5-4-8-12(13)14(17)18/h1-10H,(H,17,18). The first-order valence-corrected chi connectivity index (χ1v) is 5.36. The summed E-state index contributed by atoms with van der Waals surface area (Å²) in [4.78, 5) is 23.7. The molecule has 0 fully saturated rings. The van der Waals surface area contributed by atoms with Gasteiger partial charge in [-0.05, 0) is 24.3 Å². The van der Waals surface area contributed by atoms with E-state index in [2.05, 4.69) is 0 Å². The number of hydrogen-bond donors (Lipinski definition) is 1. The molecule has 0 aliphatic heterocycles. The minimum Gasteiger partial charge on any atom is -0.478 e. The van der Waals surface area contributed by atoms with Gasteiger partial charge in [-0.1, -0.05) is 30.3 Å². The van der Waals surface area contributed by atoms with Crippen LogP contribution in [0.4, 0.5) is 11.4 Å². The summed E-state index contributed by atoms with van der Waals surface area (Å²) >= 11 is 0. The lowest BCUT2D eigenvalue weighted by Crippen LogP contribution is -2.17. The topological polar surface area (TPSA) is 57.6 Å². The summed E-state index contributed by atoms with van der Waals surface area (Å²) in [6.45, 7) is 0. The van der Waals surface area contributed by atoms with Crippen molar-refractivity contribution in [3.63, 3.8) is 0 Å². The van der Waals surface area contributed by atoms with Gasteiger partial charge in [0.1, 0.15) is 0 Å². The maximum absolute atomic E-state index is 11.2. The number of aromatic carboxylic acids is 1. The molecule has 0 unspecified atom stereocenters. The van der Waals surface area contributed by atoms with Crippen LogP contribution >= 0.6 is 0 Å². The Balaban J connectivity index is 2.52. The zero-order valence-electron chi connectivity index (χ0n) is 9.48. The van der Waals surface area contributed by atoms with Gasteiger partial charge in [0.2, 0.25) is 6.41 Å². The third kappa shape index (κ3) is 2.22. The Morgan fingerprint density at radius 3 is 2.22 bits per heavy atom. The Kier molecular flexibility index (Phi) is 3.38. The van der Waals surface area contributed by atoms with Crippen LogP contribution < -0.4 is 4.90 Å². The van der Waals surface area contributed by atoms with Crippen molar-refractivity contribution in [3.8, 4) is 0 Å². The van der Waals surface area contributed by atoms with Crippen LogP contribution in [0.2, 0.25) is 0 Å². The van der Waals surface area contributed by atoms with E-state index in [-0.39, 0.29) is 5.56 Å². The lowest BCUT2D eigenvalue weighted by molar-refractivity contribution is -0.106. The molecule has 2 aromatic rings. The first-order chi connectivity index (χ1) is 8.74. The maximum atomic E-state index is 11.2. The smallest absolute Gasteiger partial charge is 0.337 e. The van der Waals surface area contributed by atoms with Crippen LogP contribution in [-0.4, -0.2) is 17.5 Å². The number of nitrogens with zero attached hydrogens (tertiary/aromatic N) is 1. The van der Waals surface area contributed by atoms with Crippen molar-refractivity contribution >= 4 is 23.8 Å². The van der Waals surface area contributed by atoms with Gasteiger partial charge in [0, 0.05) is 5.69 Å². The molecule has 0 heterocycles. The minimum absolute atomic E-state index is 0.0912. The van der Waals surface area contributed by atoms with Gasteiger partial charge in [-0.25, -0.2) is 4.79 Å². The van der Waals surface area contributed by atoms with E-state index in [1.807, 2.05) is 6.07 Å². The predicted molar refractivity (Wildman–Crippen MR) is 68.0 cm³/mol. The molecule has 0 aromatic heterocycles. The summed E-state index contributed by atoms with van der Waals surface area (Å²) in [5.74, 6) is -1.06. The molecule has 0 atom stereocenters. The zero-order valence-corrected chi connectivity index (χ0v) is 9.48. The number of amides is 1. The highest BCUT2D eigenvalue weighted by Gasteiger charge is 2.15. The SMILES string of the molecule is O=CN(c1ccccc1)c1ccccc1C(=O)O.